The quantitative estimate of drug-likeness (QED) is 0.805. The Bertz CT molecular complexity index is 612. The highest BCUT2D eigenvalue weighted by atomic mass is 16.5. The van der Waals surface area contributed by atoms with Crippen LogP contribution < -0.4 is 5.32 Å². The second-order valence-electron chi connectivity index (χ2n) is 7.99. The van der Waals surface area contributed by atoms with Crippen molar-refractivity contribution in [3.05, 3.63) is 29.7 Å². The maximum absolute atomic E-state index is 12.2. The lowest BCUT2D eigenvalue weighted by atomic mass is 9.91. The van der Waals surface area contributed by atoms with Crippen LogP contribution >= 0.6 is 0 Å². The third kappa shape index (κ3) is 4.51. The van der Waals surface area contributed by atoms with Crippen molar-refractivity contribution >= 4 is 5.91 Å². The molecule has 3 aliphatic rings. The van der Waals surface area contributed by atoms with Crippen LogP contribution in [0.3, 0.4) is 0 Å². The highest BCUT2D eigenvalue weighted by molar-refractivity contribution is 5.91. The molecule has 1 N–H and O–H groups in total. The summed E-state index contributed by atoms with van der Waals surface area (Å²) in [6.07, 6.45) is 13.2. The van der Waals surface area contributed by atoms with Crippen LogP contribution in [-0.2, 0) is 0 Å². The summed E-state index contributed by atoms with van der Waals surface area (Å²) in [5.74, 6) is 2.19. The number of amides is 1. The molecule has 2 aliphatic carbocycles. The maximum Gasteiger partial charge on any atom is 0.289 e. The van der Waals surface area contributed by atoms with E-state index in [9.17, 15) is 4.79 Å². The number of nitrogens with one attached hydrogen (secondary N) is 1. The van der Waals surface area contributed by atoms with E-state index in [0.717, 1.165) is 31.2 Å². The average Bonchev–Trinajstić information content (AvgIpc) is 3.38. The zero-order chi connectivity index (χ0) is 17.1. The zero-order valence-corrected chi connectivity index (χ0v) is 15.0. The van der Waals surface area contributed by atoms with Crippen LogP contribution in [0.25, 0.3) is 0 Å². The van der Waals surface area contributed by atoms with Crippen molar-refractivity contribution in [1.29, 1.82) is 0 Å². The summed E-state index contributed by atoms with van der Waals surface area (Å²) in [5, 5.41) is 7.05. The van der Waals surface area contributed by atoms with Crippen LogP contribution in [0, 0.1) is 11.8 Å². The van der Waals surface area contributed by atoms with Gasteiger partial charge in [0, 0.05) is 25.1 Å². The maximum atomic E-state index is 12.2. The number of piperidine rings is 1. The highest BCUT2D eigenvalue weighted by Crippen LogP contribution is 2.39. The van der Waals surface area contributed by atoms with Crippen LogP contribution in [0.4, 0.5) is 0 Å². The largest absolute Gasteiger partial charge is 0.351 e. The molecule has 0 aromatic carbocycles. The zero-order valence-electron chi connectivity index (χ0n) is 15.0. The molecule has 4 rings (SSSR count). The SMILES string of the molecule is O=C(NCC1CCN(CC2CC=CCC2)CC1)c1cc(C2CC2)no1. The fourth-order valence-corrected chi connectivity index (χ4v) is 4.05. The first kappa shape index (κ1) is 16.8. The van der Waals surface area contributed by atoms with Gasteiger partial charge in [0.2, 0.25) is 5.76 Å². The molecule has 0 radical (unpaired) electrons. The normalized spacial score (nSPS) is 25.2. The van der Waals surface area contributed by atoms with Crippen molar-refractivity contribution < 1.29 is 9.32 Å². The van der Waals surface area contributed by atoms with Gasteiger partial charge in [0.15, 0.2) is 0 Å². The van der Waals surface area contributed by atoms with Crippen molar-refractivity contribution in [1.82, 2.24) is 15.4 Å². The smallest absolute Gasteiger partial charge is 0.289 e. The monoisotopic (exact) mass is 343 g/mol. The Morgan fingerprint density at radius 2 is 2.00 bits per heavy atom. The molecule has 1 aromatic heterocycles. The minimum absolute atomic E-state index is 0.115. The Kier molecular flexibility index (Phi) is 5.20. The summed E-state index contributed by atoms with van der Waals surface area (Å²) in [5.41, 5.74) is 0.941. The number of hydrogen-bond donors (Lipinski definition) is 1. The average molecular weight is 343 g/mol. The molecule has 1 atom stereocenters. The van der Waals surface area contributed by atoms with Crippen LogP contribution in [0.1, 0.15) is 67.1 Å². The molecule has 1 saturated heterocycles. The summed E-state index contributed by atoms with van der Waals surface area (Å²) in [6, 6.07) is 1.81. The third-order valence-corrected chi connectivity index (χ3v) is 5.90. The van der Waals surface area contributed by atoms with Gasteiger partial charge in [-0.1, -0.05) is 17.3 Å². The van der Waals surface area contributed by atoms with E-state index in [1.54, 1.807) is 0 Å². The van der Waals surface area contributed by atoms with Crippen molar-refractivity contribution in [2.75, 3.05) is 26.2 Å². The van der Waals surface area contributed by atoms with Crippen LogP contribution in [-0.4, -0.2) is 42.1 Å². The molecule has 2 fully saturated rings. The summed E-state index contributed by atoms with van der Waals surface area (Å²) >= 11 is 0. The van der Waals surface area contributed by atoms with E-state index in [1.807, 2.05) is 6.07 Å². The number of rotatable bonds is 6. The van der Waals surface area contributed by atoms with E-state index in [2.05, 4.69) is 27.5 Å². The van der Waals surface area contributed by atoms with Gasteiger partial charge in [0.25, 0.3) is 5.91 Å². The molecule has 136 valence electrons. The van der Waals surface area contributed by atoms with Crippen molar-refractivity contribution in [3.63, 3.8) is 0 Å². The second-order valence-corrected chi connectivity index (χ2v) is 7.99. The van der Waals surface area contributed by atoms with E-state index < -0.39 is 0 Å². The fourth-order valence-electron chi connectivity index (χ4n) is 4.05. The predicted molar refractivity (Wildman–Crippen MR) is 96.5 cm³/mol. The number of allylic oxidation sites excluding steroid dienone is 2. The van der Waals surface area contributed by atoms with Crippen molar-refractivity contribution in [3.8, 4) is 0 Å². The van der Waals surface area contributed by atoms with Crippen LogP contribution in [0.2, 0.25) is 0 Å². The number of carbonyl (C=O) groups excluding carboxylic acids is 1. The van der Waals surface area contributed by atoms with E-state index in [1.165, 1.54) is 51.5 Å². The summed E-state index contributed by atoms with van der Waals surface area (Å²) < 4.78 is 5.19. The first-order chi connectivity index (χ1) is 12.3. The van der Waals surface area contributed by atoms with Gasteiger partial charge in [-0.2, -0.15) is 0 Å². The molecule has 1 unspecified atom stereocenters. The van der Waals surface area contributed by atoms with Gasteiger partial charge in [-0.05, 0) is 69.9 Å². The van der Waals surface area contributed by atoms with Gasteiger partial charge >= 0.3 is 0 Å². The lowest BCUT2D eigenvalue weighted by molar-refractivity contribution is 0.0896. The first-order valence-corrected chi connectivity index (χ1v) is 9.90. The predicted octanol–water partition coefficient (Wildman–Crippen LogP) is 3.35. The minimum atomic E-state index is -0.115. The summed E-state index contributed by atoms with van der Waals surface area (Å²) in [7, 11) is 0. The molecule has 5 heteroatoms. The number of carbonyl (C=O) groups is 1. The number of nitrogens with zero attached hydrogens (tertiary/aromatic N) is 2. The number of hydrogen-bond acceptors (Lipinski definition) is 4. The fraction of sp³-hybridized carbons (Fsp3) is 0.700. The Balaban J connectivity index is 1.16. The van der Waals surface area contributed by atoms with E-state index in [-0.39, 0.29) is 5.91 Å². The van der Waals surface area contributed by atoms with Gasteiger partial charge in [0.1, 0.15) is 0 Å². The van der Waals surface area contributed by atoms with E-state index in [4.69, 9.17) is 4.52 Å². The number of likely N-dealkylation sites (tertiary alicyclic amines) is 1. The second kappa shape index (κ2) is 7.73. The minimum Gasteiger partial charge on any atom is -0.351 e. The van der Waals surface area contributed by atoms with Gasteiger partial charge in [-0.3, -0.25) is 4.79 Å². The van der Waals surface area contributed by atoms with Gasteiger partial charge in [-0.15, -0.1) is 0 Å². The molecule has 1 saturated carbocycles. The summed E-state index contributed by atoms with van der Waals surface area (Å²) in [4.78, 5) is 14.8. The lowest BCUT2D eigenvalue weighted by Crippen LogP contribution is -2.40. The Morgan fingerprint density at radius 1 is 1.16 bits per heavy atom. The standard InChI is InChI=1S/C20H29N3O2/c24-20(19-12-18(22-25-19)17-6-7-17)21-13-15-8-10-23(11-9-15)14-16-4-2-1-3-5-16/h1-2,12,15-17H,3-11,13-14H2,(H,21,24). The van der Waals surface area contributed by atoms with Gasteiger partial charge in [0.05, 0.1) is 5.69 Å². The first-order valence-electron chi connectivity index (χ1n) is 9.90. The Labute approximate surface area is 149 Å². The van der Waals surface area contributed by atoms with Crippen LogP contribution in [0.5, 0.6) is 0 Å². The van der Waals surface area contributed by atoms with E-state index in [0.29, 0.717) is 17.6 Å². The molecule has 1 aliphatic heterocycles. The van der Waals surface area contributed by atoms with Crippen molar-refractivity contribution in [2.24, 2.45) is 11.8 Å². The molecule has 2 heterocycles. The Morgan fingerprint density at radius 3 is 2.72 bits per heavy atom. The lowest BCUT2D eigenvalue weighted by Gasteiger charge is -2.34. The molecule has 5 nitrogen and oxygen atoms in total. The molecular formula is C20H29N3O2. The van der Waals surface area contributed by atoms with E-state index >= 15 is 0 Å². The molecule has 1 aromatic rings. The molecule has 1 amide bonds. The van der Waals surface area contributed by atoms with Crippen molar-refractivity contribution in [2.45, 2.75) is 50.9 Å². The van der Waals surface area contributed by atoms with Crippen LogP contribution in [0.15, 0.2) is 22.7 Å². The molecule has 25 heavy (non-hydrogen) atoms. The topological polar surface area (TPSA) is 58.4 Å². The van der Waals surface area contributed by atoms with Gasteiger partial charge in [-0.25, -0.2) is 0 Å². The summed E-state index contributed by atoms with van der Waals surface area (Å²) in [6.45, 7) is 4.31. The van der Waals surface area contributed by atoms with Gasteiger partial charge < -0.3 is 14.7 Å². The molecular weight excluding hydrogens is 314 g/mol. The third-order valence-electron chi connectivity index (χ3n) is 5.90. The molecule has 0 spiro atoms. The Hall–Kier alpha value is -1.62. The number of aromatic nitrogens is 1. The molecule has 0 bridgehead atoms. The highest BCUT2D eigenvalue weighted by Gasteiger charge is 2.28.